The summed E-state index contributed by atoms with van der Waals surface area (Å²) in [4.78, 5) is 0. The molecule has 0 aliphatic heterocycles. The molecule has 0 aliphatic carbocycles. The van der Waals surface area contributed by atoms with E-state index in [-0.39, 0.29) is 0 Å². The lowest BCUT2D eigenvalue weighted by atomic mass is 10.1. The monoisotopic (exact) mass is 269 g/mol. The summed E-state index contributed by atoms with van der Waals surface area (Å²) >= 11 is 0. The minimum absolute atomic E-state index is 0.490. The van der Waals surface area contributed by atoms with E-state index in [0.29, 0.717) is 6.04 Å². The smallest absolute Gasteiger partial charge is 0.127 e. The first-order valence-electron chi connectivity index (χ1n) is 7.32. The lowest BCUT2D eigenvalue weighted by Gasteiger charge is -2.15. The van der Waals surface area contributed by atoms with Crippen molar-refractivity contribution in [1.82, 2.24) is 5.32 Å². The molecule has 0 aromatic heterocycles. The van der Waals surface area contributed by atoms with Gasteiger partial charge in [0.2, 0.25) is 0 Å². The second-order valence-electron chi connectivity index (χ2n) is 4.96. The Balaban J connectivity index is 2.02. The first-order valence-corrected chi connectivity index (χ1v) is 7.32. The van der Waals surface area contributed by atoms with E-state index in [4.69, 9.17) is 4.74 Å². The van der Waals surface area contributed by atoms with Crippen LogP contribution in [0.2, 0.25) is 0 Å². The molecule has 0 bridgehead atoms. The molecule has 106 valence electrons. The van der Waals surface area contributed by atoms with E-state index in [2.05, 4.69) is 55.6 Å². The SMILES string of the molecule is CCNC(C)CCOc1ccccc1-c1ccccc1. The lowest BCUT2D eigenvalue weighted by Crippen LogP contribution is -2.27. The number of hydrogen-bond donors (Lipinski definition) is 1. The van der Waals surface area contributed by atoms with Gasteiger partial charge in [0.15, 0.2) is 0 Å². The maximum Gasteiger partial charge on any atom is 0.127 e. The van der Waals surface area contributed by atoms with Gasteiger partial charge in [-0.1, -0.05) is 55.5 Å². The Labute approximate surface area is 121 Å². The molecule has 0 aliphatic rings. The molecule has 0 heterocycles. The van der Waals surface area contributed by atoms with Gasteiger partial charge in [0.25, 0.3) is 0 Å². The summed E-state index contributed by atoms with van der Waals surface area (Å²) in [5.41, 5.74) is 2.35. The molecule has 2 aromatic carbocycles. The summed E-state index contributed by atoms with van der Waals surface area (Å²) in [6.45, 7) is 6.05. The fraction of sp³-hybridized carbons (Fsp3) is 0.333. The van der Waals surface area contributed by atoms with Crippen LogP contribution in [0.3, 0.4) is 0 Å². The van der Waals surface area contributed by atoms with Crippen LogP contribution in [-0.2, 0) is 0 Å². The van der Waals surface area contributed by atoms with Crippen molar-refractivity contribution in [3.05, 3.63) is 54.6 Å². The molecular weight excluding hydrogens is 246 g/mol. The van der Waals surface area contributed by atoms with Gasteiger partial charge in [-0.05, 0) is 31.5 Å². The summed E-state index contributed by atoms with van der Waals surface area (Å²) in [5.74, 6) is 0.961. The molecule has 0 spiro atoms. The minimum atomic E-state index is 0.490. The average molecular weight is 269 g/mol. The predicted octanol–water partition coefficient (Wildman–Crippen LogP) is 4.12. The van der Waals surface area contributed by atoms with Gasteiger partial charge in [-0.25, -0.2) is 0 Å². The lowest BCUT2D eigenvalue weighted by molar-refractivity contribution is 0.292. The van der Waals surface area contributed by atoms with Crippen LogP contribution in [0.1, 0.15) is 20.3 Å². The molecule has 2 aromatic rings. The molecule has 0 radical (unpaired) electrons. The van der Waals surface area contributed by atoms with Crippen molar-refractivity contribution in [2.75, 3.05) is 13.2 Å². The Morgan fingerprint density at radius 2 is 1.70 bits per heavy atom. The summed E-state index contributed by atoms with van der Waals surface area (Å²) in [5, 5.41) is 3.40. The van der Waals surface area contributed by atoms with Gasteiger partial charge < -0.3 is 10.1 Å². The highest BCUT2D eigenvalue weighted by Gasteiger charge is 2.06. The van der Waals surface area contributed by atoms with Gasteiger partial charge in [-0.3, -0.25) is 0 Å². The van der Waals surface area contributed by atoms with Crippen LogP contribution in [-0.4, -0.2) is 19.2 Å². The summed E-state index contributed by atoms with van der Waals surface area (Å²) in [6, 6.07) is 19.1. The summed E-state index contributed by atoms with van der Waals surface area (Å²) in [7, 11) is 0. The largest absolute Gasteiger partial charge is 0.493 e. The average Bonchev–Trinajstić information content (AvgIpc) is 2.49. The van der Waals surface area contributed by atoms with Gasteiger partial charge in [0, 0.05) is 11.6 Å². The van der Waals surface area contributed by atoms with Crippen LogP contribution < -0.4 is 10.1 Å². The van der Waals surface area contributed by atoms with Crippen molar-refractivity contribution in [3.8, 4) is 16.9 Å². The highest BCUT2D eigenvalue weighted by molar-refractivity contribution is 5.70. The Bertz CT molecular complexity index is 510. The van der Waals surface area contributed by atoms with E-state index in [9.17, 15) is 0 Å². The molecule has 2 rings (SSSR count). The van der Waals surface area contributed by atoms with E-state index in [0.717, 1.165) is 30.9 Å². The van der Waals surface area contributed by atoms with Crippen molar-refractivity contribution in [1.29, 1.82) is 0 Å². The number of hydrogen-bond acceptors (Lipinski definition) is 2. The molecule has 0 fully saturated rings. The highest BCUT2D eigenvalue weighted by Crippen LogP contribution is 2.29. The molecule has 0 saturated carbocycles. The van der Waals surface area contributed by atoms with Crippen molar-refractivity contribution < 1.29 is 4.74 Å². The predicted molar refractivity (Wildman–Crippen MR) is 85.1 cm³/mol. The maximum absolute atomic E-state index is 5.97. The van der Waals surface area contributed by atoms with Crippen LogP contribution in [0.15, 0.2) is 54.6 Å². The van der Waals surface area contributed by atoms with Crippen molar-refractivity contribution in [3.63, 3.8) is 0 Å². The molecule has 20 heavy (non-hydrogen) atoms. The fourth-order valence-electron chi connectivity index (χ4n) is 2.24. The van der Waals surface area contributed by atoms with Crippen molar-refractivity contribution in [2.45, 2.75) is 26.3 Å². The Morgan fingerprint density at radius 1 is 1.00 bits per heavy atom. The van der Waals surface area contributed by atoms with Gasteiger partial charge in [0.05, 0.1) is 6.61 Å². The Kier molecular flexibility index (Phi) is 5.63. The van der Waals surface area contributed by atoms with Crippen molar-refractivity contribution in [2.24, 2.45) is 0 Å². The van der Waals surface area contributed by atoms with E-state index in [1.54, 1.807) is 0 Å². The van der Waals surface area contributed by atoms with E-state index < -0.39 is 0 Å². The van der Waals surface area contributed by atoms with Crippen LogP contribution in [0.25, 0.3) is 11.1 Å². The van der Waals surface area contributed by atoms with Crippen LogP contribution >= 0.6 is 0 Å². The van der Waals surface area contributed by atoms with Gasteiger partial charge >= 0.3 is 0 Å². The molecule has 2 heteroatoms. The quantitative estimate of drug-likeness (QED) is 0.816. The van der Waals surface area contributed by atoms with Crippen molar-refractivity contribution >= 4 is 0 Å². The Morgan fingerprint density at radius 3 is 2.45 bits per heavy atom. The molecule has 0 saturated heterocycles. The van der Waals surface area contributed by atoms with E-state index >= 15 is 0 Å². The number of nitrogens with one attached hydrogen (secondary N) is 1. The Hall–Kier alpha value is -1.80. The first kappa shape index (κ1) is 14.6. The van der Waals surface area contributed by atoms with Crippen LogP contribution in [0, 0.1) is 0 Å². The fourth-order valence-corrected chi connectivity index (χ4v) is 2.24. The highest BCUT2D eigenvalue weighted by atomic mass is 16.5. The zero-order valence-electron chi connectivity index (χ0n) is 12.3. The number of rotatable bonds is 7. The molecule has 2 nitrogen and oxygen atoms in total. The third kappa shape index (κ3) is 4.10. The zero-order valence-corrected chi connectivity index (χ0v) is 12.3. The van der Waals surface area contributed by atoms with E-state index in [1.807, 2.05) is 18.2 Å². The molecular formula is C18H23NO. The van der Waals surface area contributed by atoms with Gasteiger partial charge in [-0.15, -0.1) is 0 Å². The first-order chi connectivity index (χ1) is 9.81. The third-order valence-corrected chi connectivity index (χ3v) is 3.33. The second kappa shape index (κ2) is 7.71. The molecule has 0 amide bonds. The normalized spacial score (nSPS) is 12.1. The van der Waals surface area contributed by atoms with Gasteiger partial charge in [-0.2, -0.15) is 0 Å². The van der Waals surface area contributed by atoms with Crippen LogP contribution in [0.4, 0.5) is 0 Å². The second-order valence-corrected chi connectivity index (χ2v) is 4.96. The number of ether oxygens (including phenoxy) is 1. The van der Waals surface area contributed by atoms with E-state index in [1.165, 1.54) is 5.56 Å². The third-order valence-electron chi connectivity index (χ3n) is 3.33. The molecule has 1 atom stereocenters. The minimum Gasteiger partial charge on any atom is -0.493 e. The number of para-hydroxylation sites is 1. The molecule has 1 unspecified atom stereocenters. The number of benzene rings is 2. The zero-order chi connectivity index (χ0) is 14.2. The maximum atomic E-state index is 5.97. The topological polar surface area (TPSA) is 21.3 Å². The summed E-state index contributed by atoms with van der Waals surface area (Å²) in [6.07, 6.45) is 1.01. The summed E-state index contributed by atoms with van der Waals surface area (Å²) < 4.78 is 5.97. The standard InChI is InChI=1S/C18H23NO/c1-3-19-15(2)13-14-20-18-12-8-7-11-17(18)16-9-5-4-6-10-16/h4-12,15,19H,3,13-14H2,1-2H3. The van der Waals surface area contributed by atoms with Crippen LogP contribution in [0.5, 0.6) is 5.75 Å². The molecule has 1 N–H and O–H groups in total. The van der Waals surface area contributed by atoms with Gasteiger partial charge in [0.1, 0.15) is 5.75 Å².